The third-order valence-electron chi connectivity index (χ3n) is 4.45. The molecule has 1 fully saturated rings. The fourth-order valence-corrected chi connectivity index (χ4v) is 3.34. The van der Waals surface area contributed by atoms with E-state index in [0.717, 1.165) is 36.7 Å². The highest BCUT2D eigenvalue weighted by Gasteiger charge is 2.22. The molecule has 3 nitrogen and oxygen atoms in total. The molecule has 0 radical (unpaired) electrons. The lowest BCUT2D eigenvalue weighted by Crippen LogP contribution is -2.13. The molecular weight excluding hydrogens is 258 g/mol. The summed E-state index contributed by atoms with van der Waals surface area (Å²) in [7, 11) is 0. The Kier molecular flexibility index (Phi) is 4.02. The molecule has 2 heterocycles. The Hall–Kier alpha value is -1.74. The van der Waals surface area contributed by atoms with Crippen molar-refractivity contribution in [1.82, 2.24) is 15.3 Å². The number of benzene rings is 1. The van der Waals surface area contributed by atoms with Gasteiger partial charge in [-0.2, -0.15) is 0 Å². The van der Waals surface area contributed by atoms with Crippen LogP contribution in [0.3, 0.4) is 0 Å². The van der Waals surface area contributed by atoms with Crippen molar-refractivity contribution in [3.63, 3.8) is 0 Å². The monoisotopic (exact) mass is 281 g/mol. The number of aryl methyl sites for hydroxylation is 3. The van der Waals surface area contributed by atoms with Crippen molar-refractivity contribution in [1.29, 1.82) is 0 Å². The van der Waals surface area contributed by atoms with Crippen molar-refractivity contribution in [2.45, 2.75) is 39.5 Å². The van der Waals surface area contributed by atoms with Crippen molar-refractivity contribution >= 4 is 0 Å². The zero-order valence-corrected chi connectivity index (χ0v) is 13.1. The van der Waals surface area contributed by atoms with Crippen molar-refractivity contribution in [3.05, 3.63) is 58.2 Å². The fourth-order valence-electron chi connectivity index (χ4n) is 3.34. The molecule has 1 aromatic carbocycles. The molecule has 3 rings (SSSR count). The Morgan fingerprint density at radius 1 is 1.10 bits per heavy atom. The molecule has 2 aromatic rings. The van der Waals surface area contributed by atoms with Crippen LogP contribution in [0.1, 0.15) is 46.2 Å². The molecule has 1 unspecified atom stereocenters. The Labute approximate surface area is 126 Å². The van der Waals surface area contributed by atoms with E-state index in [0.29, 0.717) is 5.92 Å². The van der Waals surface area contributed by atoms with Gasteiger partial charge in [0.05, 0.1) is 0 Å². The third kappa shape index (κ3) is 2.98. The van der Waals surface area contributed by atoms with Crippen LogP contribution in [0.15, 0.2) is 24.3 Å². The van der Waals surface area contributed by atoms with E-state index in [1.54, 1.807) is 0 Å². The van der Waals surface area contributed by atoms with Crippen LogP contribution in [0.25, 0.3) is 0 Å². The third-order valence-corrected chi connectivity index (χ3v) is 4.45. The van der Waals surface area contributed by atoms with Gasteiger partial charge in [0, 0.05) is 30.3 Å². The average molecular weight is 281 g/mol. The van der Waals surface area contributed by atoms with Gasteiger partial charge < -0.3 is 5.32 Å². The minimum Gasteiger partial charge on any atom is -0.316 e. The van der Waals surface area contributed by atoms with E-state index in [2.05, 4.69) is 50.4 Å². The van der Waals surface area contributed by atoms with Gasteiger partial charge in [-0.05, 0) is 50.4 Å². The Morgan fingerprint density at radius 2 is 1.81 bits per heavy atom. The maximum Gasteiger partial charge on any atom is 0.133 e. The summed E-state index contributed by atoms with van der Waals surface area (Å²) in [6.07, 6.45) is 2.01. The molecule has 110 valence electrons. The summed E-state index contributed by atoms with van der Waals surface area (Å²) < 4.78 is 0. The van der Waals surface area contributed by atoms with Crippen LogP contribution in [-0.4, -0.2) is 23.1 Å². The minimum absolute atomic E-state index is 0.581. The molecule has 3 heteroatoms. The minimum atomic E-state index is 0.581. The van der Waals surface area contributed by atoms with Crippen molar-refractivity contribution in [2.75, 3.05) is 13.1 Å². The zero-order chi connectivity index (χ0) is 14.8. The van der Waals surface area contributed by atoms with Gasteiger partial charge in [-0.25, -0.2) is 9.97 Å². The molecule has 0 amide bonds. The molecule has 1 atom stereocenters. The molecule has 21 heavy (non-hydrogen) atoms. The maximum atomic E-state index is 4.78. The first-order chi connectivity index (χ1) is 10.1. The fraction of sp³-hybridized carbons (Fsp3) is 0.444. The van der Waals surface area contributed by atoms with Crippen LogP contribution < -0.4 is 5.32 Å². The molecular formula is C18H23N3. The summed E-state index contributed by atoms with van der Waals surface area (Å²) in [6, 6.07) is 8.47. The summed E-state index contributed by atoms with van der Waals surface area (Å²) in [4.78, 5) is 9.55. The van der Waals surface area contributed by atoms with Crippen molar-refractivity contribution < 1.29 is 0 Å². The molecule has 1 aliphatic heterocycles. The number of hydrogen-bond acceptors (Lipinski definition) is 3. The van der Waals surface area contributed by atoms with Gasteiger partial charge in [0.25, 0.3) is 0 Å². The predicted molar refractivity (Wildman–Crippen MR) is 85.7 cm³/mol. The first kappa shape index (κ1) is 14.2. The number of nitrogens with one attached hydrogen (secondary N) is 1. The largest absolute Gasteiger partial charge is 0.316 e. The van der Waals surface area contributed by atoms with Crippen LogP contribution in [0.4, 0.5) is 0 Å². The van der Waals surface area contributed by atoms with E-state index in [1.165, 1.54) is 23.1 Å². The maximum absolute atomic E-state index is 4.78. The van der Waals surface area contributed by atoms with E-state index in [1.807, 2.05) is 0 Å². The van der Waals surface area contributed by atoms with E-state index in [9.17, 15) is 0 Å². The quantitative estimate of drug-likeness (QED) is 0.939. The standard InChI is InChI=1S/C18H23N3/c1-12-6-4-5-7-15(12)10-17-20-13(2)18(14(3)21-17)16-8-9-19-11-16/h4-7,16,19H,8-11H2,1-3H3. The van der Waals surface area contributed by atoms with Gasteiger partial charge in [-0.3, -0.25) is 0 Å². The number of rotatable bonds is 3. The molecule has 1 aliphatic rings. The second-order valence-corrected chi connectivity index (χ2v) is 6.02. The highest BCUT2D eigenvalue weighted by atomic mass is 14.9. The molecule has 0 aliphatic carbocycles. The zero-order valence-electron chi connectivity index (χ0n) is 13.1. The van der Waals surface area contributed by atoms with E-state index < -0.39 is 0 Å². The Morgan fingerprint density at radius 3 is 2.43 bits per heavy atom. The lowest BCUT2D eigenvalue weighted by Gasteiger charge is -2.16. The molecule has 1 saturated heterocycles. The van der Waals surface area contributed by atoms with Crippen LogP contribution in [0.5, 0.6) is 0 Å². The second-order valence-electron chi connectivity index (χ2n) is 6.02. The lowest BCUT2D eigenvalue weighted by molar-refractivity contribution is 0.724. The number of hydrogen-bond donors (Lipinski definition) is 1. The van der Waals surface area contributed by atoms with Gasteiger partial charge >= 0.3 is 0 Å². The molecule has 0 saturated carbocycles. The highest BCUT2D eigenvalue weighted by molar-refractivity contribution is 5.32. The average Bonchev–Trinajstić information content (AvgIpc) is 2.94. The smallest absolute Gasteiger partial charge is 0.133 e. The number of aromatic nitrogens is 2. The van der Waals surface area contributed by atoms with E-state index >= 15 is 0 Å². The van der Waals surface area contributed by atoms with Gasteiger partial charge in [-0.15, -0.1) is 0 Å². The van der Waals surface area contributed by atoms with Gasteiger partial charge in [-0.1, -0.05) is 24.3 Å². The second kappa shape index (κ2) is 5.94. The molecule has 0 bridgehead atoms. The summed E-state index contributed by atoms with van der Waals surface area (Å²) >= 11 is 0. The van der Waals surface area contributed by atoms with Crippen molar-refractivity contribution in [2.24, 2.45) is 0 Å². The van der Waals surface area contributed by atoms with Gasteiger partial charge in [0.1, 0.15) is 5.82 Å². The molecule has 1 aromatic heterocycles. The molecule has 1 N–H and O–H groups in total. The SMILES string of the molecule is Cc1ccccc1Cc1nc(C)c(C2CCNC2)c(C)n1. The van der Waals surface area contributed by atoms with Crippen LogP contribution in [-0.2, 0) is 6.42 Å². The summed E-state index contributed by atoms with van der Waals surface area (Å²) in [6.45, 7) is 8.57. The van der Waals surface area contributed by atoms with Gasteiger partial charge in [0.2, 0.25) is 0 Å². The van der Waals surface area contributed by atoms with Crippen LogP contribution >= 0.6 is 0 Å². The Balaban J connectivity index is 1.89. The number of nitrogens with zero attached hydrogens (tertiary/aromatic N) is 2. The van der Waals surface area contributed by atoms with E-state index in [-0.39, 0.29) is 0 Å². The summed E-state index contributed by atoms with van der Waals surface area (Å²) in [5, 5.41) is 3.43. The first-order valence-electron chi connectivity index (χ1n) is 7.74. The van der Waals surface area contributed by atoms with Crippen LogP contribution in [0.2, 0.25) is 0 Å². The predicted octanol–water partition coefficient (Wildman–Crippen LogP) is 3.07. The lowest BCUT2D eigenvalue weighted by atomic mass is 9.95. The van der Waals surface area contributed by atoms with Gasteiger partial charge in [0.15, 0.2) is 0 Å². The highest BCUT2D eigenvalue weighted by Crippen LogP contribution is 2.27. The summed E-state index contributed by atoms with van der Waals surface area (Å²) in [5.74, 6) is 1.52. The Bertz CT molecular complexity index is 620. The first-order valence-corrected chi connectivity index (χ1v) is 7.74. The summed E-state index contributed by atoms with van der Waals surface area (Å²) in [5.41, 5.74) is 6.28. The van der Waals surface area contributed by atoms with Crippen LogP contribution in [0, 0.1) is 20.8 Å². The van der Waals surface area contributed by atoms with E-state index in [4.69, 9.17) is 9.97 Å². The normalized spacial score (nSPS) is 18.1. The molecule has 0 spiro atoms. The van der Waals surface area contributed by atoms with Crippen molar-refractivity contribution in [3.8, 4) is 0 Å². The topological polar surface area (TPSA) is 37.8 Å².